The molecular formula is C21H34FN5O. The number of aliphatic imine (C=N–C) groups is 1. The van der Waals surface area contributed by atoms with E-state index in [2.05, 4.69) is 15.1 Å². The number of hydrogen-bond donors (Lipinski definition) is 3. The second-order valence-electron chi connectivity index (χ2n) is 7.99. The molecular weight excluding hydrogens is 357 g/mol. The molecule has 28 heavy (non-hydrogen) atoms. The number of hydrogen-bond acceptors (Lipinski definition) is 4. The first-order chi connectivity index (χ1) is 13.7. The predicted molar refractivity (Wildman–Crippen MR) is 112 cm³/mol. The molecule has 1 aliphatic carbocycles. The standard InChI is InChI=1S/C21H34FN5O/c22-19-5-2-6-20(14-19)25-21(27-9-7-26(8-10-27)11-12-28)24-16-18-4-1-3-17(13-18)15-23/h2,5-6,14,17-18,28H,1,3-4,7-13,15-16,23H2,(H,24,25). The van der Waals surface area contributed by atoms with Gasteiger partial charge >= 0.3 is 0 Å². The van der Waals surface area contributed by atoms with Gasteiger partial charge in [-0.2, -0.15) is 0 Å². The van der Waals surface area contributed by atoms with E-state index in [1.807, 2.05) is 6.07 Å². The molecule has 6 nitrogen and oxygen atoms in total. The number of anilines is 1. The average Bonchev–Trinajstić information content (AvgIpc) is 2.72. The quantitative estimate of drug-likeness (QED) is 0.511. The number of rotatable bonds is 6. The zero-order valence-corrected chi connectivity index (χ0v) is 16.7. The van der Waals surface area contributed by atoms with Crippen molar-refractivity contribution in [1.82, 2.24) is 9.80 Å². The summed E-state index contributed by atoms with van der Waals surface area (Å²) >= 11 is 0. The number of aliphatic hydroxyl groups is 1. The van der Waals surface area contributed by atoms with Crippen molar-refractivity contribution in [2.24, 2.45) is 22.6 Å². The number of β-amino-alcohol motifs (C(OH)–C–C–N with tert-alkyl or cyclic N) is 1. The Labute approximate surface area is 167 Å². The second kappa shape index (κ2) is 10.7. The first-order valence-electron chi connectivity index (χ1n) is 10.5. The average molecular weight is 392 g/mol. The number of guanidine groups is 1. The van der Waals surface area contributed by atoms with Crippen molar-refractivity contribution < 1.29 is 9.50 Å². The van der Waals surface area contributed by atoms with Crippen LogP contribution in [-0.2, 0) is 0 Å². The van der Waals surface area contributed by atoms with Gasteiger partial charge in [0, 0.05) is 45.0 Å². The van der Waals surface area contributed by atoms with Crippen LogP contribution in [0, 0.1) is 17.7 Å². The minimum Gasteiger partial charge on any atom is -0.395 e. The zero-order chi connectivity index (χ0) is 19.8. The SMILES string of the molecule is NCC1CCCC(CN=C(Nc2cccc(F)c2)N2CCN(CCO)CC2)C1. The molecule has 7 heteroatoms. The van der Waals surface area contributed by atoms with Crippen molar-refractivity contribution in [2.75, 3.05) is 57.7 Å². The van der Waals surface area contributed by atoms with Crippen molar-refractivity contribution in [1.29, 1.82) is 0 Å². The van der Waals surface area contributed by atoms with Gasteiger partial charge in [-0.3, -0.25) is 9.89 Å². The summed E-state index contributed by atoms with van der Waals surface area (Å²) in [5, 5.41) is 12.5. The Kier molecular flexibility index (Phi) is 8.06. The van der Waals surface area contributed by atoms with E-state index in [0.717, 1.165) is 57.3 Å². The van der Waals surface area contributed by atoms with Crippen LogP contribution in [0.4, 0.5) is 10.1 Å². The maximum atomic E-state index is 13.6. The number of nitrogens with two attached hydrogens (primary N) is 1. The van der Waals surface area contributed by atoms with Gasteiger partial charge in [0.2, 0.25) is 0 Å². The monoisotopic (exact) mass is 391 g/mol. The molecule has 1 aliphatic heterocycles. The number of aliphatic hydroxyl groups excluding tert-OH is 1. The van der Waals surface area contributed by atoms with E-state index in [-0.39, 0.29) is 12.4 Å². The van der Waals surface area contributed by atoms with E-state index in [1.54, 1.807) is 6.07 Å². The van der Waals surface area contributed by atoms with Crippen LogP contribution < -0.4 is 11.1 Å². The lowest BCUT2D eigenvalue weighted by Crippen LogP contribution is -2.51. The van der Waals surface area contributed by atoms with Gasteiger partial charge in [-0.1, -0.05) is 12.5 Å². The maximum absolute atomic E-state index is 13.6. The Morgan fingerprint density at radius 2 is 2.00 bits per heavy atom. The largest absolute Gasteiger partial charge is 0.395 e. The van der Waals surface area contributed by atoms with Crippen LogP contribution in [0.5, 0.6) is 0 Å². The molecule has 2 aliphatic rings. The molecule has 0 bridgehead atoms. The van der Waals surface area contributed by atoms with E-state index in [9.17, 15) is 4.39 Å². The van der Waals surface area contributed by atoms with E-state index in [1.165, 1.54) is 31.4 Å². The molecule has 2 unspecified atom stereocenters. The van der Waals surface area contributed by atoms with Crippen molar-refractivity contribution >= 4 is 11.6 Å². The Bertz CT molecular complexity index is 633. The molecule has 0 spiro atoms. The molecule has 0 aromatic heterocycles. The number of benzene rings is 1. The molecule has 1 saturated carbocycles. The van der Waals surface area contributed by atoms with Gasteiger partial charge in [-0.25, -0.2) is 4.39 Å². The molecule has 1 aromatic carbocycles. The molecule has 0 radical (unpaired) electrons. The summed E-state index contributed by atoms with van der Waals surface area (Å²) in [6.07, 6.45) is 4.82. The Balaban J connectivity index is 1.67. The Morgan fingerprint density at radius 3 is 2.71 bits per heavy atom. The predicted octanol–water partition coefficient (Wildman–Crippen LogP) is 1.97. The number of piperazine rings is 1. The van der Waals surface area contributed by atoms with E-state index in [4.69, 9.17) is 15.8 Å². The van der Waals surface area contributed by atoms with Crippen LogP contribution in [0.1, 0.15) is 25.7 Å². The van der Waals surface area contributed by atoms with E-state index >= 15 is 0 Å². The third kappa shape index (κ3) is 6.15. The molecule has 1 saturated heterocycles. The Hall–Kier alpha value is -1.70. The molecule has 0 amide bonds. The van der Waals surface area contributed by atoms with Crippen molar-refractivity contribution in [3.05, 3.63) is 30.1 Å². The topological polar surface area (TPSA) is 77.1 Å². The van der Waals surface area contributed by atoms with Gasteiger partial charge in [0.1, 0.15) is 5.82 Å². The lowest BCUT2D eigenvalue weighted by atomic mass is 9.81. The molecule has 3 rings (SSSR count). The summed E-state index contributed by atoms with van der Waals surface area (Å²) < 4.78 is 13.6. The van der Waals surface area contributed by atoms with Crippen LogP contribution in [0.3, 0.4) is 0 Å². The van der Waals surface area contributed by atoms with Crippen molar-refractivity contribution in [3.63, 3.8) is 0 Å². The summed E-state index contributed by atoms with van der Waals surface area (Å²) in [7, 11) is 0. The van der Waals surface area contributed by atoms with Crippen molar-refractivity contribution in [2.45, 2.75) is 25.7 Å². The van der Waals surface area contributed by atoms with Gasteiger partial charge < -0.3 is 21.1 Å². The second-order valence-corrected chi connectivity index (χ2v) is 7.99. The fourth-order valence-corrected chi connectivity index (χ4v) is 4.24. The van der Waals surface area contributed by atoms with Crippen LogP contribution >= 0.6 is 0 Å². The van der Waals surface area contributed by atoms with Crippen LogP contribution in [-0.4, -0.2) is 73.3 Å². The van der Waals surface area contributed by atoms with Gasteiger partial charge in [0.05, 0.1) is 6.61 Å². The van der Waals surface area contributed by atoms with E-state index in [0.29, 0.717) is 18.4 Å². The van der Waals surface area contributed by atoms with Crippen LogP contribution in [0.25, 0.3) is 0 Å². The minimum atomic E-state index is -0.254. The van der Waals surface area contributed by atoms with Gasteiger partial charge in [0.15, 0.2) is 5.96 Å². The van der Waals surface area contributed by atoms with Gasteiger partial charge in [-0.05, 0) is 55.8 Å². The van der Waals surface area contributed by atoms with Gasteiger partial charge in [0.25, 0.3) is 0 Å². The highest BCUT2D eigenvalue weighted by molar-refractivity contribution is 5.93. The van der Waals surface area contributed by atoms with E-state index < -0.39 is 0 Å². The molecule has 1 aromatic rings. The molecule has 2 fully saturated rings. The summed E-state index contributed by atoms with van der Waals surface area (Å²) in [4.78, 5) is 9.43. The number of nitrogens with one attached hydrogen (secondary N) is 1. The summed E-state index contributed by atoms with van der Waals surface area (Å²) in [6, 6.07) is 6.53. The molecule has 2 atom stereocenters. The maximum Gasteiger partial charge on any atom is 0.198 e. The highest BCUT2D eigenvalue weighted by Crippen LogP contribution is 2.28. The highest BCUT2D eigenvalue weighted by Gasteiger charge is 2.23. The first-order valence-corrected chi connectivity index (χ1v) is 10.5. The fraction of sp³-hybridized carbons (Fsp3) is 0.667. The smallest absolute Gasteiger partial charge is 0.198 e. The third-order valence-corrected chi connectivity index (χ3v) is 5.89. The summed E-state index contributed by atoms with van der Waals surface area (Å²) in [5.41, 5.74) is 6.60. The molecule has 156 valence electrons. The fourth-order valence-electron chi connectivity index (χ4n) is 4.24. The molecule has 4 N–H and O–H groups in total. The highest BCUT2D eigenvalue weighted by atomic mass is 19.1. The van der Waals surface area contributed by atoms with Crippen LogP contribution in [0.15, 0.2) is 29.3 Å². The third-order valence-electron chi connectivity index (χ3n) is 5.89. The minimum absolute atomic E-state index is 0.187. The lowest BCUT2D eigenvalue weighted by molar-refractivity contribution is 0.147. The normalized spacial score (nSPS) is 24.4. The summed E-state index contributed by atoms with van der Waals surface area (Å²) in [6.45, 7) is 5.92. The molecule has 1 heterocycles. The zero-order valence-electron chi connectivity index (χ0n) is 16.7. The van der Waals surface area contributed by atoms with Crippen LogP contribution in [0.2, 0.25) is 0 Å². The Morgan fingerprint density at radius 1 is 1.21 bits per heavy atom. The van der Waals surface area contributed by atoms with Gasteiger partial charge in [-0.15, -0.1) is 0 Å². The van der Waals surface area contributed by atoms with Crippen molar-refractivity contribution in [3.8, 4) is 0 Å². The number of halogens is 1. The number of nitrogens with zero attached hydrogens (tertiary/aromatic N) is 3. The first kappa shape index (κ1) is 21.0. The summed E-state index contributed by atoms with van der Waals surface area (Å²) in [5.74, 6) is 1.76. The lowest BCUT2D eigenvalue weighted by Gasteiger charge is -2.36.